The van der Waals surface area contributed by atoms with Gasteiger partial charge < -0.3 is 10.1 Å². The van der Waals surface area contributed by atoms with Crippen LogP contribution in [0.1, 0.15) is 34.6 Å². The van der Waals surface area contributed by atoms with Crippen LogP contribution in [-0.4, -0.2) is 36.8 Å². The molecule has 0 radical (unpaired) electrons. The fourth-order valence-electron chi connectivity index (χ4n) is 1.14. The first kappa shape index (κ1) is 15.3. The van der Waals surface area contributed by atoms with E-state index in [-0.39, 0.29) is 0 Å². The number of hydrogen-bond donors (Lipinski definition) is 1. The molecule has 0 aliphatic heterocycles. The van der Waals surface area contributed by atoms with Gasteiger partial charge >= 0.3 is 0 Å². The normalized spacial score (nSPS) is 13.8. The second kappa shape index (κ2) is 9.49. The van der Waals surface area contributed by atoms with Crippen molar-refractivity contribution >= 4 is 11.8 Å². The van der Waals surface area contributed by atoms with E-state index in [0.29, 0.717) is 12.1 Å². The Morgan fingerprint density at radius 1 is 1.07 bits per heavy atom. The third kappa shape index (κ3) is 12.2. The van der Waals surface area contributed by atoms with Gasteiger partial charge in [-0.2, -0.15) is 11.8 Å². The van der Waals surface area contributed by atoms with E-state index in [0.717, 1.165) is 19.1 Å². The Bertz CT molecular complexity index is 140. The predicted molar refractivity (Wildman–Crippen MR) is 70.7 cm³/mol. The lowest BCUT2D eigenvalue weighted by Crippen LogP contribution is -2.32. The summed E-state index contributed by atoms with van der Waals surface area (Å²) < 4.78 is 5.47. The third-order valence-corrected chi connectivity index (χ3v) is 3.50. The molecule has 0 aromatic rings. The first-order chi connectivity index (χ1) is 7.02. The minimum atomic E-state index is 0.345. The van der Waals surface area contributed by atoms with Gasteiger partial charge in [0, 0.05) is 18.3 Å². The molecule has 0 rings (SSSR count). The third-order valence-electron chi connectivity index (χ3n) is 1.87. The molecule has 0 aromatic carbocycles. The lowest BCUT2D eigenvalue weighted by Gasteiger charge is -2.15. The van der Waals surface area contributed by atoms with Crippen LogP contribution < -0.4 is 5.32 Å². The second-order valence-electron chi connectivity index (χ2n) is 4.71. The van der Waals surface area contributed by atoms with Crippen LogP contribution in [0.4, 0.5) is 0 Å². The molecule has 2 nitrogen and oxygen atoms in total. The first-order valence-electron chi connectivity index (χ1n) is 5.95. The highest BCUT2D eigenvalue weighted by Crippen LogP contribution is 2.08. The number of nitrogens with one attached hydrogen (secondary N) is 1. The molecule has 0 aliphatic rings. The monoisotopic (exact) mass is 233 g/mol. The minimum Gasteiger partial charge on any atom is -0.377 e. The average Bonchev–Trinajstić information content (AvgIpc) is 2.11. The molecule has 0 fully saturated rings. The standard InChI is InChI=1S/C12H27NOS/c1-10(2)8-15-9-12(5)13-6-7-14-11(3)4/h10-13H,6-9H2,1-5H3. The van der Waals surface area contributed by atoms with Gasteiger partial charge in [0.1, 0.15) is 0 Å². The molecule has 15 heavy (non-hydrogen) atoms. The Hall–Kier alpha value is 0.270. The van der Waals surface area contributed by atoms with Crippen LogP contribution >= 0.6 is 11.8 Å². The number of rotatable bonds is 9. The van der Waals surface area contributed by atoms with Crippen molar-refractivity contribution in [1.82, 2.24) is 5.32 Å². The summed E-state index contributed by atoms with van der Waals surface area (Å²) in [6.07, 6.45) is 0.345. The topological polar surface area (TPSA) is 21.3 Å². The first-order valence-corrected chi connectivity index (χ1v) is 7.10. The predicted octanol–water partition coefficient (Wildman–Crippen LogP) is 2.78. The summed E-state index contributed by atoms with van der Waals surface area (Å²) in [4.78, 5) is 0. The van der Waals surface area contributed by atoms with E-state index in [1.807, 2.05) is 11.8 Å². The summed E-state index contributed by atoms with van der Waals surface area (Å²) in [5, 5.41) is 3.47. The average molecular weight is 233 g/mol. The maximum Gasteiger partial charge on any atom is 0.0594 e. The lowest BCUT2D eigenvalue weighted by molar-refractivity contribution is 0.0799. The van der Waals surface area contributed by atoms with E-state index in [9.17, 15) is 0 Å². The Labute approximate surface area is 99.5 Å². The van der Waals surface area contributed by atoms with Gasteiger partial charge in [0.25, 0.3) is 0 Å². The van der Waals surface area contributed by atoms with Crippen LogP contribution in [0.2, 0.25) is 0 Å². The fourth-order valence-corrected chi connectivity index (χ4v) is 2.22. The second-order valence-corrected chi connectivity index (χ2v) is 5.78. The molecule has 0 amide bonds. The number of thioether (sulfide) groups is 1. The van der Waals surface area contributed by atoms with E-state index in [4.69, 9.17) is 4.74 Å². The van der Waals surface area contributed by atoms with Gasteiger partial charge in [0.2, 0.25) is 0 Å². The molecule has 0 bridgehead atoms. The summed E-state index contributed by atoms with van der Waals surface area (Å²) in [5.41, 5.74) is 0. The van der Waals surface area contributed by atoms with Crippen LogP contribution in [0.3, 0.4) is 0 Å². The van der Waals surface area contributed by atoms with E-state index >= 15 is 0 Å². The maximum atomic E-state index is 5.47. The zero-order chi connectivity index (χ0) is 11.7. The van der Waals surface area contributed by atoms with Crippen LogP contribution in [0.5, 0.6) is 0 Å². The lowest BCUT2D eigenvalue weighted by atomic mass is 10.3. The van der Waals surface area contributed by atoms with Crippen molar-refractivity contribution in [3.8, 4) is 0 Å². The summed E-state index contributed by atoms with van der Waals surface area (Å²) in [6.45, 7) is 12.7. The van der Waals surface area contributed by atoms with Crippen LogP contribution in [-0.2, 0) is 4.74 Å². The zero-order valence-electron chi connectivity index (χ0n) is 10.9. The molecule has 1 unspecified atom stereocenters. The SMILES string of the molecule is CC(C)CSCC(C)NCCOC(C)C. The summed E-state index contributed by atoms with van der Waals surface area (Å²) in [5.74, 6) is 3.25. The van der Waals surface area contributed by atoms with Crippen molar-refractivity contribution in [1.29, 1.82) is 0 Å². The van der Waals surface area contributed by atoms with Gasteiger partial charge in [-0.05, 0) is 32.4 Å². The smallest absolute Gasteiger partial charge is 0.0594 e. The van der Waals surface area contributed by atoms with Gasteiger partial charge in [-0.25, -0.2) is 0 Å². The van der Waals surface area contributed by atoms with Crippen molar-refractivity contribution in [2.45, 2.75) is 46.8 Å². The highest BCUT2D eigenvalue weighted by atomic mass is 32.2. The van der Waals surface area contributed by atoms with E-state index < -0.39 is 0 Å². The van der Waals surface area contributed by atoms with Crippen LogP contribution in [0.15, 0.2) is 0 Å². The molecule has 0 heterocycles. The van der Waals surface area contributed by atoms with Gasteiger partial charge in [0.15, 0.2) is 0 Å². The van der Waals surface area contributed by atoms with Gasteiger partial charge in [-0.1, -0.05) is 13.8 Å². The molecule has 0 spiro atoms. The Balaban J connectivity index is 3.22. The molecule has 0 saturated carbocycles. The van der Waals surface area contributed by atoms with Crippen LogP contribution in [0, 0.1) is 5.92 Å². The minimum absolute atomic E-state index is 0.345. The van der Waals surface area contributed by atoms with Crippen molar-refractivity contribution < 1.29 is 4.74 Å². The molecule has 3 heteroatoms. The van der Waals surface area contributed by atoms with Gasteiger partial charge in [-0.3, -0.25) is 0 Å². The molecule has 1 N–H and O–H groups in total. The highest BCUT2D eigenvalue weighted by Gasteiger charge is 2.02. The van der Waals surface area contributed by atoms with Crippen LogP contribution in [0.25, 0.3) is 0 Å². The summed E-state index contributed by atoms with van der Waals surface area (Å²) in [6, 6.07) is 0.588. The summed E-state index contributed by atoms with van der Waals surface area (Å²) >= 11 is 2.03. The molecule has 0 saturated heterocycles. The Morgan fingerprint density at radius 2 is 1.73 bits per heavy atom. The highest BCUT2D eigenvalue weighted by molar-refractivity contribution is 7.99. The van der Waals surface area contributed by atoms with E-state index in [1.165, 1.54) is 11.5 Å². The number of hydrogen-bond acceptors (Lipinski definition) is 3. The molecule has 0 aromatic heterocycles. The maximum absolute atomic E-state index is 5.47. The van der Waals surface area contributed by atoms with Crippen molar-refractivity contribution in [2.75, 3.05) is 24.7 Å². The van der Waals surface area contributed by atoms with Crippen molar-refractivity contribution in [2.24, 2.45) is 5.92 Å². The molecule has 0 aliphatic carbocycles. The van der Waals surface area contributed by atoms with E-state index in [1.54, 1.807) is 0 Å². The van der Waals surface area contributed by atoms with Gasteiger partial charge in [0.05, 0.1) is 12.7 Å². The van der Waals surface area contributed by atoms with E-state index in [2.05, 4.69) is 39.9 Å². The van der Waals surface area contributed by atoms with Crippen molar-refractivity contribution in [3.63, 3.8) is 0 Å². The van der Waals surface area contributed by atoms with Gasteiger partial charge in [-0.15, -0.1) is 0 Å². The summed E-state index contributed by atoms with van der Waals surface area (Å²) in [7, 11) is 0. The Kier molecular flexibility index (Phi) is 9.66. The molecular formula is C12H27NOS. The number of ether oxygens (including phenoxy) is 1. The Morgan fingerprint density at radius 3 is 2.27 bits per heavy atom. The largest absolute Gasteiger partial charge is 0.377 e. The van der Waals surface area contributed by atoms with Crippen molar-refractivity contribution in [3.05, 3.63) is 0 Å². The quantitative estimate of drug-likeness (QED) is 0.619. The molecule has 92 valence electrons. The molecular weight excluding hydrogens is 206 g/mol. The zero-order valence-corrected chi connectivity index (χ0v) is 11.7. The molecule has 1 atom stereocenters. The fraction of sp³-hybridized carbons (Fsp3) is 1.00.